The Kier molecular flexibility index (Phi) is 3.42. The minimum Gasteiger partial charge on any atom is -0.390 e. The minimum atomic E-state index is -1.28. The van der Waals surface area contributed by atoms with Crippen LogP contribution in [-0.4, -0.2) is 34.8 Å². The number of nitrogens with two attached hydrogens (primary N) is 1. The quantitative estimate of drug-likeness (QED) is 0.502. The number of cyclic esters (lactones) is 2. The van der Waals surface area contributed by atoms with Crippen LogP contribution in [-0.2, 0) is 4.74 Å². The molecule has 1 aliphatic heterocycles. The van der Waals surface area contributed by atoms with Crippen molar-refractivity contribution in [3.05, 3.63) is 34.9 Å². The van der Waals surface area contributed by atoms with Gasteiger partial charge in [-0.1, -0.05) is 12.1 Å². The van der Waals surface area contributed by atoms with Crippen molar-refractivity contribution in [2.75, 3.05) is 6.54 Å². The van der Waals surface area contributed by atoms with Gasteiger partial charge in [0.1, 0.15) is 6.10 Å². The molecule has 0 amide bonds. The summed E-state index contributed by atoms with van der Waals surface area (Å²) in [4.78, 5) is 22.9. The molecule has 1 aromatic rings. The van der Waals surface area contributed by atoms with Crippen molar-refractivity contribution >= 4 is 11.9 Å². The van der Waals surface area contributed by atoms with Crippen LogP contribution in [0.1, 0.15) is 38.8 Å². The molecule has 6 nitrogen and oxygen atoms in total. The van der Waals surface area contributed by atoms with Gasteiger partial charge in [0, 0.05) is 0 Å². The van der Waals surface area contributed by atoms with E-state index in [1.54, 1.807) is 0 Å². The molecule has 0 spiro atoms. The number of hydrogen-bond acceptors (Lipinski definition) is 6. The van der Waals surface area contributed by atoms with Crippen molar-refractivity contribution < 1.29 is 24.5 Å². The Labute approximate surface area is 103 Å². The number of carbonyl (C=O) groups excluding carboxylic acids is 2. The van der Waals surface area contributed by atoms with E-state index in [0.29, 0.717) is 0 Å². The lowest BCUT2D eigenvalue weighted by molar-refractivity contribution is 0.0142. The van der Waals surface area contributed by atoms with Crippen LogP contribution in [0.3, 0.4) is 0 Å². The maximum Gasteiger partial charge on any atom is 0.347 e. The molecule has 96 valence electrons. The molecule has 4 N–H and O–H groups in total. The molecule has 0 saturated carbocycles. The van der Waals surface area contributed by atoms with Gasteiger partial charge in [-0.15, -0.1) is 0 Å². The van der Waals surface area contributed by atoms with Crippen LogP contribution in [0.2, 0.25) is 0 Å². The summed E-state index contributed by atoms with van der Waals surface area (Å²) in [6.07, 6.45) is -2.18. The van der Waals surface area contributed by atoms with Crippen molar-refractivity contribution in [1.82, 2.24) is 0 Å². The number of aliphatic hydroxyl groups excluding tert-OH is 2. The maximum atomic E-state index is 11.5. The predicted molar refractivity (Wildman–Crippen MR) is 60.8 cm³/mol. The molecule has 1 aromatic carbocycles. The normalized spacial score (nSPS) is 17.3. The highest BCUT2D eigenvalue weighted by Gasteiger charge is 2.35. The molecule has 2 unspecified atom stereocenters. The molecule has 18 heavy (non-hydrogen) atoms. The second-order valence-electron chi connectivity index (χ2n) is 4.04. The summed E-state index contributed by atoms with van der Waals surface area (Å²) in [6, 6.07) is 4.43. The lowest BCUT2D eigenvalue weighted by atomic mass is 9.94. The summed E-state index contributed by atoms with van der Waals surface area (Å²) in [7, 11) is 0. The molecule has 2 rings (SSSR count). The zero-order valence-electron chi connectivity index (χ0n) is 9.50. The first-order valence-corrected chi connectivity index (χ1v) is 5.52. The van der Waals surface area contributed by atoms with E-state index in [9.17, 15) is 19.8 Å². The number of rotatable bonds is 4. The Balaban J connectivity index is 2.41. The highest BCUT2D eigenvalue weighted by atomic mass is 16.6. The molecule has 6 heteroatoms. The number of carbonyl (C=O) groups is 2. The van der Waals surface area contributed by atoms with E-state index in [2.05, 4.69) is 4.74 Å². The Hall–Kier alpha value is -1.76. The van der Waals surface area contributed by atoms with Gasteiger partial charge in [-0.3, -0.25) is 0 Å². The number of benzene rings is 1. The van der Waals surface area contributed by atoms with Crippen LogP contribution in [0.25, 0.3) is 0 Å². The molecule has 1 heterocycles. The van der Waals surface area contributed by atoms with Gasteiger partial charge in [0.25, 0.3) is 0 Å². The second-order valence-corrected chi connectivity index (χ2v) is 4.04. The SMILES string of the molecule is NCCC(O)C(O)c1cccc2c1C(=O)OC2=O. The van der Waals surface area contributed by atoms with Crippen molar-refractivity contribution in [3.63, 3.8) is 0 Å². The Bertz CT molecular complexity index is 499. The van der Waals surface area contributed by atoms with E-state index in [-0.39, 0.29) is 29.7 Å². The number of ether oxygens (including phenoxy) is 1. The van der Waals surface area contributed by atoms with Gasteiger partial charge in [-0.05, 0) is 24.6 Å². The fourth-order valence-corrected chi connectivity index (χ4v) is 1.94. The van der Waals surface area contributed by atoms with E-state index in [1.807, 2.05) is 0 Å². The van der Waals surface area contributed by atoms with Crippen LogP contribution < -0.4 is 5.73 Å². The third-order valence-electron chi connectivity index (χ3n) is 2.85. The van der Waals surface area contributed by atoms with E-state index in [4.69, 9.17) is 5.73 Å². The number of aliphatic hydroxyl groups is 2. The minimum absolute atomic E-state index is 0.0195. The first-order chi connectivity index (χ1) is 8.56. The summed E-state index contributed by atoms with van der Waals surface area (Å²) in [5.74, 6) is -1.54. The summed E-state index contributed by atoms with van der Waals surface area (Å²) in [5, 5.41) is 19.7. The van der Waals surface area contributed by atoms with Crippen molar-refractivity contribution in [2.24, 2.45) is 5.73 Å². The van der Waals surface area contributed by atoms with Gasteiger partial charge in [0.05, 0.1) is 17.2 Å². The van der Waals surface area contributed by atoms with E-state index < -0.39 is 24.1 Å². The molecule has 2 atom stereocenters. The van der Waals surface area contributed by atoms with Crippen LogP contribution in [0, 0.1) is 0 Å². The second kappa shape index (κ2) is 4.85. The average Bonchev–Trinajstić information content (AvgIpc) is 2.65. The Morgan fingerprint density at radius 3 is 2.61 bits per heavy atom. The summed E-state index contributed by atoms with van der Waals surface area (Å²) >= 11 is 0. The highest BCUT2D eigenvalue weighted by Crippen LogP contribution is 2.29. The largest absolute Gasteiger partial charge is 0.390 e. The first kappa shape index (κ1) is 12.7. The highest BCUT2D eigenvalue weighted by molar-refractivity contribution is 6.15. The van der Waals surface area contributed by atoms with Crippen molar-refractivity contribution in [2.45, 2.75) is 18.6 Å². The zero-order chi connectivity index (χ0) is 13.3. The lowest BCUT2D eigenvalue weighted by Crippen LogP contribution is -2.23. The van der Waals surface area contributed by atoms with Crippen LogP contribution >= 0.6 is 0 Å². The fraction of sp³-hybridized carbons (Fsp3) is 0.333. The van der Waals surface area contributed by atoms with Gasteiger partial charge in [-0.25, -0.2) is 9.59 Å². The molecular weight excluding hydrogens is 238 g/mol. The van der Waals surface area contributed by atoms with Gasteiger partial charge in [0.2, 0.25) is 0 Å². The molecule has 0 radical (unpaired) electrons. The van der Waals surface area contributed by atoms with Crippen LogP contribution in [0.5, 0.6) is 0 Å². The summed E-state index contributed by atoms with van der Waals surface area (Å²) < 4.78 is 4.47. The van der Waals surface area contributed by atoms with Crippen LogP contribution in [0.15, 0.2) is 18.2 Å². The van der Waals surface area contributed by atoms with E-state index in [1.165, 1.54) is 18.2 Å². The number of hydrogen-bond donors (Lipinski definition) is 3. The monoisotopic (exact) mass is 251 g/mol. The fourth-order valence-electron chi connectivity index (χ4n) is 1.94. The topological polar surface area (TPSA) is 110 Å². The van der Waals surface area contributed by atoms with Crippen molar-refractivity contribution in [3.8, 4) is 0 Å². The van der Waals surface area contributed by atoms with Gasteiger partial charge < -0.3 is 20.7 Å². The smallest absolute Gasteiger partial charge is 0.347 e. The lowest BCUT2D eigenvalue weighted by Gasteiger charge is -2.18. The third kappa shape index (κ3) is 2.01. The van der Waals surface area contributed by atoms with E-state index in [0.717, 1.165) is 0 Å². The average molecular weight is 251 g/mol. The molecule has 0 aliphatic carbocycles. The molecule has 1 aliphatic rings. The summed E-state index contributed by atoms with van der Waals surface area (Å²) in [6.45, 7) is 0.205. The van der Waals surface area contributed by atoms with Gasteiger partial charge in [-0.2, -0.15) is 0 Å². The number of fused-ring (bicyclic) bond motifs is 1. The number of esters is 2. The first-order valence-electron chi connectivity index (χ1n) is 5.52. The maximum absolute atomic E-state index is 11.5. The van der Waals surface area contributed by atoms with Crippen LogP contribution in [0.4, 0.5) is 0 Å². The van der Waals surface area contributed by atoms with Gasteiger partial charge >= 0.3 is 11.9 Å². The van der Waals surface area contributed by atoms with Gasteiger partial charge in [0.15, 0.2) is 0 Å². The van der Waals surface area contributed by atoms with E-state index >= 15 is 0 Å². The predicted octanol–water partition coefficient (Wildman–Crippen LogP) is -0.260. The molecule has 0 fully saturated rings. The Morgan fingerprint density at radius 2 is 1.94 bits per heavy atom. The molecular formula is C12H13NO5. The van der Waals surface area contributed by atoms with Crippen molar-refractivity contribution in [1.29, 1.82) is 0 Å². The summed E-state index contributed by atoms with van der Waals surface area (Å²) in [5.41, 5.74) is 5.60. The third-order valence-corrected chi connectivity index (χ3v) is 2.85. The standard InChI is InChI=1S/C12H13NO5/c13-5-4-8(14)10(15)6-2-1-3-7-9(6)12(17)18-11(7)16/h1-3,8,10,14-15H,4-5,13H2. The molecule has 0 aromatic heterocycles. The molecule has 0 saturated heterocycles. The Morgan fingerprint density at radius 1 is 1.22 bits per heavy atom. The molecule has 0 bridgehead atoms. The zero-order valence-corrected chi connectivity index (χ0v) is 9.50.